The number of aromatic hydroxyl groups is 1. The van der Waals surface area contributed by atoms with Gasteiger partial charge in [0.05, 0.1) is 25.3 Å². The fourth-order valence-electron chi connectivity index (χ4n) is 6.06. The van der Waals surface area contributed by atoms with Crippen LogP contribution in [0.1, 0.15) is 110 Å². The van der Waals surface area contributed by atoms with Crippen LogP contribution in [0.4, 0.5) is 0 Å². The van der Waals surface area contributed by atoms with Gasteiger partial charge in [-0.15, -0.1) is 0 Å². The van der Waals surface area contributed by atoms with Crippen molar-refractivity contribution in [3.8, 4) is 5.75 Å². The van der Waals surface area contributed by atoms with Crippen molar-refractivity contribution in [1.82, 2.24) is 31.9 Å². The molecule has 0 aliphatic heterocycles. The number of aliphatic hydroxyl groups excluding tert-OH is 1. The van der Waals surface area contributed by atoms with E-state index in [1.165, 1.54) is 24.3 Å². The molecule has 6 amide bonds. The number of aliphatic carboxylic acids is 2. The molecule has 1 unspecified atom stereocenters. The second kappa shape index (κ2) is 25.2. The Morgan fingerprint density at radius 3 is 1.64 bits per heavy atom. The molecule has 1 rings (SSSR count). The summed E-state index contributed by atoms with van der Waals surface area (Å²) in [4.78, 5) is 99.7. The minimum atomic E-state index is -1.74. The zero-order chi connectivity index (χ0) is 44.9. The Bertz CT molecular complexity index is 1580. The standard InChI is InChI=1S/C38H63N9O12/c1-37(2,41)20-33(54)43-24(11-13-40)14-28(49)42-23(6-5-12-39)15-32(53)47-38(3,4)21-34(55)46-31(52)19-30(51)44-25(17-35(56)57)16-29(50)45-27(18-36(58)59)22-7-9-26(48)10-8-22/h7-10,23-25,27,31,48,52H,5-6,11-21,39-41H2,1-4H3,(H,42,49)(H,43,54)(H,44,51)(H,45,50)(H,46,55)(H,47,53)(H,56,57)(H,58,59)/t23-,24-,25?,27+,31+/m0/s1. The molecule has 0 bridgehead atoms. The second-order valence-corrected chi connectivity index (χ2v) is 15.9. The number of benzene rings is 1. The van der Waals surface area contributed by atoms with Crippen LogP contribution in [-0.4, -0.2) is 116 Å². The number of phenolic OH excluding ortho intramolecular Hbond substituents is 1. The van der Waals surface area contributed by atoms with Crippen molar-refractivity contribution in [3.63, 3.8) is 0 Å². The van der Waals surface area contributed by atoms with E-state index in [2.05, 4.69) is 31.9 Å². The largest absolute Gasteiger partial charge is 0.508 e. The number of amides is 6. The summed E-state index contributed by atoms with van der Waals surface area (Å²) in [6.07, 6.45) is -3.64. The Hall–Kier alpha value is -5.38. The molecule has 0 saturated carbocycles. The number of nitrogens with one attached hydrogen (secondary N) is 6. The van der Waals surface area contributed by atoms with Gasteiger partial charge in [-0.1, -0.05) is 12.1 Å². The Morgan fingerprint density at radius 1 is 0.593 bits per heavy atom. The van der Waals surface area contributed by atoms with E-state index in [1.807, 2.05) is 0 Å². The molecule has 1 aromatic rings. The molecule has 0 fully saturated rings. The van der Waals surface area contributed by atoms with Crippen LogP contribution in [0.5, 0.6) is 5.75 Å². The van der Waals surface area contributed by atoms with E-state index in [0.717, 1.165) is 0 Å². The molecule has 0 aliphatic carbocycles. The second-order valence-electron chi connectivity index (χ2n) is 15.9. The lowest BCUT2D eigenvalue weighted by molar-refractivity contribution is -0.138. The van der Waals surface area contributed by atoms with Crippen molar-refractivity contribution < 1.29 is 58.8 Å². The molecule has 0 saturated heterocycles. The maximum Gasteiger partial charge on any atom is 0.305 e. The molecule has 332 valence electrons. The molecule has 0 heterocycles. The molecule has 59 heavy (non-hydrogen) atoms. The van der Waals surface area contributed by atoms with E-state index < -0.39 is 109 Å². The number of carbonyl (C=O) groups excluding carboxylic acids is 6. The number of phenols is 1. The highest BCUT2D eigenvalue weighted by molar-refractivity contribution is 5.84. The number of nitrogens with two attached hydrogens (primary N) is 3. The quantitative estimate of drug-likeness (QED) is 0.0425. The number of aliphatic hydroxyl groups is 1. The van der Waals surface area contributed by atoms with Gasteiger partial charge in [-0.3, -0.25) is 38.4 Å². The summed E-state index contributed by atoms with van der Waals surface area (Å²) in [5.41, 5.74) is 15.7. The molecule has 0 aromatic heterocycles. The van der Waals surface area contributed by atoms with Crippen LogP contribution in [0.3, 0.4) is 0 Å². The summed E-state index contributed by atoms with van der Waals surface area (Å²) in [6, 6.07) is 1.92. The number of carboxylic acids is 2. The Morgan fingerprint density at radius 2 is 1.08 bits per heavy atom. The van der Waals surface area contributed by atoms with Crippen LogP contribution in [0.25, 0.3) is 0 Å². The van der Waals surface area contributed by atoms with E-state index in [-0.39, 0.29) is 43.9 Å². The number of carboxylic acid groups (broad SMARTS) is 2. The predicted molar refractivity (Wildman–Crippen MR) is 214 cm³/mol. The Balaban J connectivity index is 2.76. The average Bonchev–Trinajstić information content (AvgIpc) is 3.04. The molecule has 16 N–H and O–H groups in total. The van der Waals surface area contributed by atoms with E-state index in [1.54, 1.807) is 27.7 Å². The van der Waals surface area contributed by atoms with Crippen molar-refractivity contribution in [2.24, 2.45) is 17.2 Å². The first-order chi connectivity index (χ1) is 27.4. The highest BCUT2D eigenvalue weighted by Gasteiger charge is 2.29. The maximum absolute atomic E-state index is 13.1. The Kier molecular flexibility index (Phi) is 22.0. The highest BCUT2D eigenvalue weighted by Crippen LogP contribution is 2.20. The summed E-state index contributed by atoms with van der Waals surface area (Å²) in [7, 11) is 0. The fourth-order valence-corrected chi connectivity index (χ4v) is 6.06. The summed E-state index contributed by atoms with van der Waals surface area (Å²) >= 11 is 0. The fraction of sp³-hybridized carbons (Fsp3) is 0.632. The van der Waals surface area contributed by atoms with Gasteiger partial charge >= 0.3 is 11.9 Å². The van der Waals surface area contributed by atoms with Gasteiger partial charge in [0.15, 0.2) is 0 Å². The van der Waals surface area contributed by atoms with Crippen molar-refractivity contribution in [1.29, 1.82) is 0 Å². The molecule has 0 radical (unpaired) electrons. The summed E-state index contributed by atoms with van der Waals surface area (Å²) in [6.45, 7) is 7.01. The van der Waals surface area contributed by atoms with Crippen LogP contribution in [0, 0.1) is 0 Å². The van der Waals surface area contributed by atoms with Crippen LogP contribution in [0.15, 0.2) is 24.3 Å². The molecular formula is C38H63N9O12. The van der Waals surface area contributed by atoms with Crippen LogP contribution in [0.2, 0.25) is 0 Å². The van der Waals surface area contributed by atoms with Gasteiger partial charge in [0.2, 0.25) is 35.4 Å². The highest BCUT2D eigenvalue weighted by atomic mass is 16.4. The lowest BCUT2D eigenvalue weighted by Gasteiger charge is -2.28. The molecule has 21 heteroatoms. The van der Waals surface area contributed by atoms with Crippen LogP contribution < -0.4 is 49.1 Å². The predicted octanol–water partition coefficient (Wildman–Crippen LogP) is -1.55. The van der Waals surface area contributed by atoms with E-state index in [0.29, 0.717) is 31.4 Å². The van der Waals surface area contributed by atoms with Crippen molar-refractivity contribution in [2.75, 3.05) is 13.1 Å². The van der Waals surface area contributed by atoms with E-state index >= 15 is 0 Å². The summed E-state index contributed by atoms with van der Waals surface area (Å²) in [5, 5.41) is 54.0. The van der Waals surface area contributed by atoms with Crippen molar-refractivity contribution >= 4 is 47.4 Å². The topological polar surface area (TPSA) is 368 Å². The molecule has 5 atom stereocenters. The minimum Gasteiger partial charge on any atom is -0.508 e. The zero-order valence-electron chi connectivity index (χ0n) is 34.2. The third-order valence-electron chi connectivity index (χ3n) is 8.50. The first-order valence-corrected chi connectivity index (χ1v) is 19.3. The molecule has 21 nitrogen and oxygen atoms in total. The summed E-state index contributed by atoms with van der Waals surface area (Å²) < 4.78 is 0. The van der Waals surface area contributed by atoms with Gasteiger partial charge < -0.3 is 69.5 Å². The minimum absolute atomic E-state index is 0.0405. The van der Waals surface area contributed by atoms with Crippen LogP contribution in [-0.2, 0) is 38.4 Å². The van der Waals surface area contributed by atoms with Crippen molar-refractivity contribution in [3.05, 3.63) is 29.8 Å². The first kappa shape index (κ1) is 51.6. The number of hydrogen-bond donors (Lipinski definition) is 13. The van der Waals surface area contributed by atoms with Crippen molar-refractivity contribution in [2.45, 2.75) is 140 Å². The number of rotatable bonds is 28. The van der Waals surface area contributed by atoms with Gasteiger partial charge in [0.1, 0.15) is 12.0 Å². The molecule has 0 spiro atoms. The lowest BCUT2D eigenvalue weighted by atomic mass is 9.98. The monoisotopic (exact) mass is 837 g/mol. The van der Waals surface area contributed by atoms with Gasteiger partial charge in [0, 0.05) is 61.3 Å². The third-order valence-corrected chi connectivity index (χ3v) is 8.50. The van der Waals surface area contributed by atoms with Crippen LogP contribution >= 0.6 is 0 Å². The smallest absolute Gasteiger partial charge is 0.305 e. The SMILES string of the molecule is CC(C)(N)CC(=O)N[C@@H](CCN)CC(=O)N[C@@H](CCCN)CC(=O)NC(C)(C)CC(=O)N[C@H](O)CC(=O)NC(CC(=O)O)CC(=O)N[C@H](CC(=O)O)c1ccc(O)cc1. The summed E-state index contributed by atoms with van der Waals surface area (Å²) in [5.74, 6) is -6.40. The molecule has 0 aliphatic rings. The number of carbonyl (C=O) groups is 8. The molecular weight excluding hydrogens is 774 g/mol. The molecule has 1 aromatic carbocycles. The van der Waals surface area contributed by atoms with E-state index in [4.69, 9.17) is 17.2 Å². The average molecular weight is 838 g/mol. The maximum atomic E-state index is 13.1. The van der Waals surface area contributed by atoms with Gasteiger partial charge in [-0.05, 0) is 77.7 Å². The normalized spacial score (nSPS) is 14.0. The third kappa shape index (κ3) is 24.2. The Labute approximate surface area is 343 Å². The first-order valence-electron chi connectivity index (χ1n) is 19.3. The lowest BCUT2D eigenvalue weighted by Crippen LogP contribution is -2.50. The van der Waals surface area contributed by atoms with Gasteiger partial charge in [-0.25, -0.2) is 0 Å². The van der Waals surface area contributed by atoms with Gasteiger partial charge in [0.25, 0.3) is 0 Å². The van der Waals surface area contributed by atoms with E-state index in [9.17, 15) is 58.8 Å². The van der Waals surface area contributed by atoms with Gasteiger partial charge in [-0.2, -0.15) is 0 Å². The number of hydrogen-bond acceptors (Lipinski definition) is 13. The zero-order valence-corrected chi connectivity index (χ0v) is 34.2.